The maximum atomic E-state index is 14.0. The van der Waals surface area contributed by atoms with Crippen molar-refractivity contribution >= 4 is 5.69 Å². The lowest BCUT2D eigenvalue weighted by atomic mass is 10.1. The van der Waals surface area contributed by atoms with Crippen LogP contribution in [0.5, 0.6) is 17.2 Å². The smallest absolute Gasteiger partial charge is 0.160 e. The van der Waals surface area contributed by atoms with Crippen LogP contribution in [-0.2, 0) is 0 Å². The van der Waals surface area contributed by atoms with E-state index < -0.39 is 0 Å². The summed E-state index contributed by atoms with van der Waals surface area (Å²) in [6, 6.07) is 9.42. The Morgan fingerprint density at radius 3 is 2.43 bits per heavy atom. The Balaban J connectivity index is 2.17. The van der Waals surface area contributed by atoms with Crippen molar-refractivity contribution in [1.82, 2.24) is 0 Å². The molecule has 2 N–H and O–H groups in total. The third kappa shape index (κ3) is 3.37. The summed E-state index contributed by atoms with van der Waals surface area (Å²) >= 11 is 0. The van der Waals surface area contributed by atoms with E-state index in [2.05, 4.69) is 5.32 Å². The molecule has 21 heavy (non-hydrogen) atoms. The number of aromatic hydroxyl groups is 1. The first-order chi connectivity index (χ1) is 10.0. The molecule has 1 unspecified atom stereocenters. The number of hydrogen-bond acceptors (Lipinski definition) is 4. The van der Waals surface area contributed by atoms with Gasteiger partial charge in [-0.05, 0) is 25.1 Å². The minimum atomic E-state index is -0.341. The molecule has 0 aliphatic carbocycles. The zero-order valence-corrected chi connectivity index (χ0v) is 12.2. The molecule has 0 aliphatic rings. The first kappa shape index (κ1) is 15.0. The van der Waals surface area contributed by atoms with Crippen LogP contribution in [0.25, 0.3) is 0 Å². The third-order valence-electron chi connectivity index (χ3n) is 3.24. The molecule has 112 valence electrons. The molecule has 0 aromatic heterocycles. The van der Waals surface area contributed by atoms with Crippen LogP contribution in [0.4, 0.5) is 10.1 Å². The van der Waals surface area contributed by atoms with E-state index in [-0.39, 0.29) is 17.6 Å². The molecule has 0 amide bonds. The van der Waals surface area contributed by atoms with Crippen molar-refractivity contribution in [3.05, 3.63) is 47.8 Å². The lowest BCUT2D eigenvalue weighted by Gasteiger charge is -2.17. The molecule has 0 bridgehead atoms. The van der Waals surface area contributed by atoms with Crippen molar-refractivity contribution in [2.24, 2.45) is 0 Å². The number of nitrogens with one attached hydrogen (secondary N) is 1. The fraction of sp³-hybridized carbons (Fsp3) is 0.250. The summed E-state index contributed by atoms with van der Waals surface area (Å²) in [5.41, 5.74) is 1.20. The van der Waals surface area contributed by atoms with Crippen LogP contribution in [0.1, 0.15) is 18.5 Å². The van der Waals surface area contributed by atoms with E-state index in [1.54, 1.807) is 24.3 Å². The first-order valence-corrected chi connectivity index (χ1v) is 6.52. The zero-order chi connectivity index (χ0) is 15.4. The van der Waals surface area contributed by atoms with Gasteiger partial charge in [0.25, 0.3) is 0 Å². The Bertz CT molecular complexity index is 631. The zero-order valence-electron chi connectivity index (χ0n) is 12.2. The van der Waals surface area contributed by atoms with Gasteiger partial charge in [-0.15, -0.1) is 0 Å². The van der Waals surface area contributed by atoms with Crippen molar-refractivity contribution in [3.8, 4) is 17.2 Å². The Kier molecular flexibility index (Phi) is 4.52. The number of ether oxygens (including phenoxy) is 2. The van der Waals surface area contributed by atoms with Crippen LogP contribution in [-0.4, -0.2) is 19.3 Å². The molecule has 1 atom stereocenters. The van der Waals surface area contributed by atoms with Gasteiger partial charge in [-0.1, -0.05) is 6.07 Å². The van der Waals surface area contributed by atoms with Gasteiger partial charge >= 0.3 is 0 Å². The van der Waals surface area contributed by atoms with Crippen molar-refractivity contribution in [2.45, 2.75) is 13.0 Å². The van der Waals surface area contributed by atoms with Gasteiger partial charge in [-0.2, -0.15) is 0 Å². The molecule has 0 saturated heterocycles. The maximum Gasteiger partial charge on any atom is 0.160 e. The predicted octanol–water partition coefficient (Wildman–Crippen LogP) is 3.72. The summed E-state index contributed by atoms with van der Waals surface area (Å²) in [6.07, 6.45) is 0. The van der Waals surface area contributed by atoms with Gasteiger partial charge in [-0.3, -0.25) is 0 Å². The van der Waals surface area contributed by atoms with Crippen LogP contribution in [0.15, 0.2) is 36.4 Å². The minimum Gasteiger partial charge on any atom is -0.504 e. The molecule has 0 aliphatic heterocycles. The van der Waals surface area contributed by atoms with Gasteiger partial charge in [-0.25, -0.2) is 4.39 Å². The van der Waals surface area contributed by atoms with E-state index in [0.717, 1.165) is 0 Å². The van der Waals surface area contributed by atoms with Crippen LogP contribution < -0.4 is 14.8 Å². The fourth-order valence-electron chi connectivity index (χ4n) is 2.09. The summed E-state index contributed by atoms with van der Waals surface area (Å²) in [4.78, 5) is 0. The standard InChI is InChI=1S/C16H18FNO3/c1-10(13-6-5-12(20-2)9-14(13)17)18-11-4-7-16(21-3)15(19)8-11/h4-10,18-19H,1-3H3. The highest BCUT2D eigenvalue weighted by atomic mass is 19.1. The number of methoxy groups -OCH3 is 2. The summed E-state index contributed by atoms with van der Waals surface area (Å²) in [5.74, 6) is 0.561. The quantitative estimate of drug-likeness (QED) is 0.881. The largest absolute Gasteiger partial charge is 0.504 e. The number of phenolic OH excluding ortho intramolecular Hbond substituents is 1. The van der Waals surface area contributed by atoms with E-state index >= 15 is 0 Å². The number of hydrogen-bond donors (Lipinski definition) is 2. The Morgan fingerprint density at radius 1 is 1.10 bits per heavy atom. The van der Waals surface area contributed by atoms with Gasteiger partial charge in [0.05, 0.1) is 20.3 Å². The SMILES string of the molecule is COc1ccc(C(C)Nc2ccc(OC)c(O)c2)c(F)c1. The number of phenols is 1. The second kappa shape index (κ2) is 6.35. The number of halogens is 1. The second-order valence-corrected chi connectivity index (χ2v) is 4.64. The summed E-state index contributed by atoms with van der Waals surface area (Å²) < 4.78 is 24.0. The topological polar surface area (TPSA) is 50.7 Å². The molecule has 0 radical (unpaired) electrons. The predicted molar refractivity (Wildman–Crippen MR) is 79.6 cm³/mol. The molecular weight excluding hydrogens is 273 g/mol. The monoisotopic (exact) mass is 291 g/mol. The molecular formula is C16H18FNO3. The van der Waals surface area contributed by atoms with E-state index in [9.17, 15) is 9.50 Å². The minimum absolute atomic E-state index is 0.0323. The molecule has 0 spiro atoms. The molecule has 2 rings (SSSR count). The Labute approximate surface area is 123 Å². The van der Waals surface area contributed by atoms with Gasteiger partial charge in [0.1, 0.15) is 11.6 Å². The molecule has 0 fully saturated rings. The molecule has 0 saturated carbocycles. The van der Waals surface area contributed by atoms with Crippen molar-refractivity contribution in [1.29, 1.82) is 0 Å². The van der Waals surface area contributed by atoms with Crippen molar-refractivity contribution in [3.63, 3.8) is 0 Å². The summed E-state index contributed by atoms with van der Waals surface area (Å²) in [7, 11) is 2.98. The highest BCUT2D eigenvalue weighted by Gasteiger charge is 2.12. The summed E-state index contributed by atoms with van der Waals surface area (Å²) in [6.45, 7) is 1.84. The average molecular weight is 291 g/mol. The number of anilines is 1. The lowest BCUT2D eigenvalue weighted by molar-refractivity contribution is 0.373. The highest BCUT2D eigenvalue weighted by molar-refractivity contribution is 5.55. The third-order valence-corrected chi connectivity index (χ3v) is 3.24. The lowest BCUT2D eigenvalue weighted by Crippen LogP contribution is -2.08. The van der Waals surface area contributed by atoms with Crippen LogP contribution in [0, 0.1) is 5.82 Å². The Hall–Kier alpha value is -2.43. The molecule has 2 aromatic rings. The van der Waals surface area contributed by atoms with Gasteiger partial charge in [0, 0.05) is 23.4 Å². The van der Waals surface area contributed by atoms with E-state index in [1.165, 1.54) is 26.4 Å². The molecule has 4 nitrogen and oxygen atoms in total. The first-order valence-electron chi connectivity index (χ1n) is 6.52. The van der Waals surface area contributed by atoms with Gasteiger partial charge in [0.2, 0.25) is 0 Å². The van der Waals surface area contributed by atoms with E-state index in [0.29, 0.717) is 22.7 Å². The van der Waals surface area contributed by atoms with Crippen LogP contribution in [0.2, 0.25) is 0 Å². The molecule has 0 heterocycles. The van der Waals surface area contributed by atoms with E-state index in [4.69, 9.17) is 9.47 Å². The van der Waals surface area contributed by atoms with Crippen LogP contribution in [0.3, 0.4) is 0 Å². The van der Waals surface area contributed by atoms with Crippen LogP contribution >= 0.6 is 0 Å². The van der Waals surface area contributed by atoms with Crippen molar-refractivity contribution in [2.75, 3.05) is 19.5 Å². The fourth-order valence-corrected chi connectivity index (χ4v) is 2.09. The second-order valence-electron chi connectivity index (χ2n) is 4.64. The van der Waals surface area contributed by atoms with E-state index in [1.807, 2.05) is 6.92 Å². The number of rotatable bonds is 5. The Morgan fingerprint density at radius 2 is 1.86 bits per heavy atom. The normalized spacial score (nSPS) is 11.8. The number of benzene rings is 2. The van der Waals surface area contributed by atoms with Gasteiger partial charge < -0.3 is 19.9 Å². The molecule has 5 heteroatoms. The van der Waals surface area contributed by atoms with Crippen molar-refractivity contribution < 1.29 is 19.0 Å². The maximum absolute atomic E-state index is 14.0. The van der Waals surface area contributed by atoms with Gasteiger partial charge in [0.15, 0.2) is 11.5 Å². The summed E-state index contributed by atoms with van der Waals surface area (Å²) in [5, 5.41) is 12.9. The molecule has 2 aromatic carbocycles. The average Bonchev–Trinajstić information content (AvgIpc) is 2.47. The highest BCUT2D eigenvalue weighted by Crippen LogP contribution is 2.31.